The van der Waals surface area contributed by atoms with E-state index in [1.165, 1.54) is 16.4 Å². The van der Waals surface area contributed by atoms with Crippen LogP contribution in [0, 0.1) is 18.7 Å². The molecule has 1 fully saturated rings. The zero-order valence-electron chi connectivity index (χ0n) is 11.4. The summed E-state index contributed by atoms with van der Waals surface area (Å²) in [6.07, 6.45) is 1.75. The van der Waals surface area contributed by atoms with Gasteiger partial charge in [-0.15, -0.1) is 12.4 Å². The molecule has 1 unspecified atom stereocenters. The predicted octanol–water partition coefficient (Wildman–Crippen LogP) is 1.92. The average Bonchev–Trinajstić information content (AvgIpc) is 2.41. The van der Waals surface area contributed by atoms with Gasteiger partial charge in [0.1, 0.15) is 5.82 Å². The lowest BCUT2D eigenvalue weighted by atomic mass is 10.0. The molecule has 2 rings (SSSR count). The Kier molecular flexibility index (Phi) is 5.94. The van der Waals surface area contributed by atoms with E-state index in [1.807, 2.05) is 0 Å². The van der Waals surface area contributed by atoms with Crippen molar-refractivity contribution in [3.8, 4) is 0 Å². The van der Waals surface area contributed by atoms with Gasteiger partial charge in [-0.3, -0.25) is 0 Å². The number of piperidine rings is 1. The van der Waals surface area contributed by atoms with Gasteiger partial charge in [0.15, 0.2) is 0 Å². The topological polar surface area (TPSA) is 63.4 Å². The lowest BCUT2D eigenvalue weighted by Crippen LogP contribution is -2.42. The Bertz CT molecular complexity index is 565. The number of nitrogens with zero attached hydrogens (tertiary/aromatic N) is 1. The quantitative estimate of drug-likeness (QED) is 0.924. The van der Waals surface area contributed by atoms with Crippen molar-refractivity contribution >= 4 is 22.4 Å². The van der Waals surface area contributed by atoms with Crippen LogP contribution in [0.1, 0.15) is 18.4 Å². The maximum Gasteiger partial charge on any atom is 0.243 e. The van der Waals surface area contributed by atoms with Crippen molar-refractivity contribution in [2.75, 3.05) is 19.6 Å². The van der Waals surface area contributed by atoms with Crippen LogP contribution >= 0.6 is 12.4 Å². The van der Waals surface area contributed by atoms with Crippen LogP contribution in [0.2, 0.25) is 0 Å². The number of hydrogen-bond donors (Lipinski definition) is 1. The third-order valence-corrected chi connectivity index (χ3v) is 5.59. The fraction of sp³-hybridized carbons (Fsp3) is 0.538. The fourth-order valence-corrected chi connectivity index (χ4v) is 4.22. The molecule has 1 aromatic carbocycles. The van der Waals surface area contributed by atoms with Crippen LogP contribution in [-0.2, 0) is 10.0 Å². The van der Waals surface area contributed by atoms with Crippen LogP contribution in [-0.4, -0.2) is 32.4 Å². The molecule has 0 amide bonds. The predicted molar refractivity (Wildman–Crippen MR) is 78.9 cm³/mol. The van der Waals surface area contributed by atoms with Crippen molar-refractivity contribution in [1.29, 1.82) is 0 Å². The highest BCUT2D eigenvalue weighted by Gasteiger charge is 2.30. The van der Waals surface area contributed by atoms with Gasteiger partial charge in [-0.05, 0) is 49.9 Å². The van der Waals surface area contributed by atoms with Crippen LogP contribution in [0.15, 0.2) is 23.1 Å². The van der Waals surface area contributed by atoms with Crippen LogP contribution in [0.5, 0.6) is 0 Å². The van der Waals surface area contributed by atoms with Gasteiger partial charge >= 0.3 is 0 Å². The maximum absolute atomic E-state index is 13.3. The number of benzene rings is 1. The van der Waals surface area contributed by atoms with E-state index in [-0.39, 0.29) is 23.2 Å². The highest BCUT2D eigenvalue weighted by Crippen LogP contribution is 2.25. The monoisotopic (exact) mass is 322 g/mol. The smallest absolute Gasteiger partial charge is 0.243 e. The molecule has 2 N–H and O–H groups in total. The molecule has 1 saturated heterocycles. The third-order valence-electron chi connectivity index (χ3n) is 3.58. The fourth-order valence-electron chi connectivity index (χ4n) is 2.43. The molecule has 0 aliphatic carbocycles. The largest absolute Gasteiger partial charge is 0.330 e. The summed E-state index contributed by atoms with van der Waals surface area (Å²) in [6, 6.07) is 3.86. The zero-order valence-corrected chi connectivity index (χ0v) is 13.0. The first-order valence-corrected chi connectivity index (χ1v) is 7.85. The lowest BCUT2D eigenvalue weighted by Gasteiger charge is -2.31. The third kappa shape index (κ3) is 3.49. The maximum atomic E-state index is 13.3. The summed E-state index contributed by atoms with van der Waals surface area (Å²) in [5, 5.41) is 0. The molecule has 1 heterocycles. The molecule has 0 spiro atoms. The summed E-state index contributed by atoms with van der Waals surface area (Å²) in [7, 11) is -3.62. The van der Waals surface area contributed by atoms with Gasteiger partial charge in [0.2, 0.25) is 10.0 Å². The van der Waals surface area contributed by atoms with Crippen LogP contribution in [0.25, 0.3) is 0 Å². The van der Waals surface area contributed by atoms with Crippen molar-refractivity contribution in [2.24, 2.45) is 11.7 Å². The van der Waals surface area contributed by atoms with Gasteiger partial charge in [0.05, 0.1) is 4.90 Å². The van der Waals surface area contributed by atoms with Crippen molar-refractivity contribution in [3.05, 3.63) is 29.6 Å². The second-order valence-electron chi connectivity index (χ2n) is 5.02. The second kappa shape index (κ2) is 6.85. The number of rotatable bonds is 3. The Morgan fingerprint density at radius 1 is 1.45 bits per heavy atom. The van der Waals surface area contributed by atoms with Gasteiger partial charge in [0.25, 0.3) is 0 Å². The van der Waals surface area contributed by atoms with E-state index < -0.39 is 15.8 Å². The van der Waals surface area contributed by atoms with E-state index >= 15 is 0 Å². The Labute approximate surface area is 125 Å². The highest BCUT2D eigenvalue weighted by molar-refractivity contribution is 7.89. The Balaban J connectivity index is 0.00000200. The van der Waals surface area contributed by atoms with E-state index in [9.17, 15) is 12.8 Å². The second-order valence-corrected chi connectivity index (χ2v) is 6.92. The van der Waals surface area contributed by atoms with Crippen molar-refractivity contribution in [2.45, 2.75) is 24.7 Å². The minimum atomic E-state index is -3.62. The summed E-state index contributed by atoms with van der Waals surface area (Å²) in [5.41, 5.74) is 6.19. The summed E-state index contributed by atoms with van der Waals surface area (Å²) in [6.45, 7) is 3.06. The number of nitrogens with two attached hydrogens (primary N) is 1. The summed E-state index contributed by atoms with van der Waals surface area (Å²) < 4.78 is 39.8. The van der Waals surface area contributed by atoms with Crippen LogP contribution < -0.4 is 5.73 Å². The van der Waals surface area contributed by atoms with E-state index in [4.69, 9.17) is 5.73 Å². The van der Waals surface area contributed by atoms with E-state index in [0.717, 1.165) is 18.9 Å². The number of halogens is 2. The molecule has 7 heteroatoms. The molecule has 1 aromatic rings. The number of hydrogen-bond acceptors (Lipinski definition) is 3. The summed E-state index contributed by atoms with van der Waals surface area (Å²) in [5.74, 6) is -0.339. The molecule has 0 radical (unpaired) electrons. The molecule has 0 bridgehead atoms. The molecular formula is C13H20ClFN2O2S. The van der Waals surface area contributed by atoms with Gasteiger partial charge < -0.3 is 5.73 Å². The summed E-state index contributed by atoms with van der Waals surface area (Å²) >= 11 is 0. The molecule has 0 aromatic heterocycles. The van der Waals surface area contributed by atoms with Crippen LogP contribution in [0.3, 0.4) is 0 Å². The van der Waals surface area contributed by atoms with Crippen molar-refractivity contribution in [3.63, 3.8) is 0 Å². The number of sulfonamides is 1. The van der Waals surface area contributed by atoms with Gasteiger partial charge in [0, 0.05) is 13.1 Å². The lowest BCUT2D eigenvalue weighted by molar-refractivity contribution is 0.271. The minimum absolute atomic E-state index is 0. The molecule has 1 atom stereocenters. The first kappa shape index (κ1) is 17.4. The highest BCUT2D eigenvalue weighted by atomic mass is 35.5. The van der Waals surface area contributed by atoms with Gasteiger partial charge in [-0.2, -0.15) is 4.31 Å². The van der Waals surface area contributed by atoms with Crippen molar-refractivity contribution in [1.82, 2.24) is 4.31 Å². The standard InChI is InChI=1S/C13H19FN2O2S.ClH/c1-10-4-5-12(14)7-13(10)19(17,18)16-6-2-3-11(8-15)9-16;/h4-5,7,11H,2-3,6,8-9,15H2,1H3;1H. The average molecular weight is 323 g/mol. The molecule has 1 aliphatic rings. The molecular weight excluding hydrogens is 303 g/mol. The van der Waals surface area contributed by atoms with E-state index in [0.29, 0.717) is 25.2 Å². The molecule has 0 saturated carbocycles. The molecule has 1 aliphatic heterocycles. The van der Waals surface area contributed by atoms with E-state index in [2.05, 4.69) is 0 Å². The first-order valence-electron chi connectivity index (χ1n) is 6.41. The Morgan fingerprint density at radius 2 is 2.15 bits per heavy atom. The van der Waals surface area contributed by atoms with E-state index in [1.54, 1.807) is 6.92 Å². The Morgan fingerprint density at radius 3 is 2.80 bits per heavy atom. The van der Waals surface area contributed by atoms with Crippen LogP contribution in [0.4, 0.5) is 4.39 Å². The number of aryl methyl sites for hydroxylation is 1. The Hall–Kier alpha value is -0.690. The molecule has 4 nitrogen and oxygen atoms in total. The minimum Gasteiger partial charge on any atom is -0.330 e. The van der Waals surface area contributed by atoms with Crippen molar-refractivity contribution < 1.29 is 12.8 Å². The SMILES string of the molecule is Cc1ccc(F)cc1S(=O)(=O)N1CCCC(CN)C1.Cl. The van der Waals surface area contributed by atoms with Gasteiger partial charge in [-0.25, -0.2) is 12.8 Å². The summed E-state index contributed by atoms with van der Waals surface area (Å²) in [4.78, 5) is 0.0603. The molecule has 114 valence electrons. The first-order chi connectivity index (χ1) is 8.95. The normalized spacial score (nSPS) is 20.4. The molecule has 20 heavy (non-hydrogen) atoms. The zero-order chi connectivity index (χ0) is 14.0. The van der Waals surface area contributed by atoms with Gasteiger partial charge in [-0.1, -0.05) is 6.07 Å².